The molecule has 2 heterocycles. The van der Waals surface area contributed by atoms with Crippen LogP contribution >= 0.6 is 0 Å². The molecule has 4 rings (SSSR count). The van der Waals surface area contributed by atoms with E-state index in [1.807, 2.05) is 42.5 Å². The largest absolute Gasteiger partial charge is 0.507 e. The summed E-state index contributed by atoms with van der Waals surface area (Å²) in [5, 5.41) is 17.8. The molecular formula is C23H27N3O3. The zero-order chi connectivity index (χ0) is 20.2. The van der Waals surface area contributed by atoms with Gasteiger partial charge in [-0.05, 0) is 31.5 Å². The molecule has 1 aliphatic rings. The van der Waals surface area contributed by atoms with E-state index in [4.69, 9.17) is 9.47 Å². The van der Waals surface area contributed by atoms with Crippen LogP contribution in [-0.4, -0.2) is 58.7 Å². The number of phenols is 1. The third kappa shape index (κ3) is 4.60. The molecule has 1 fully saturated rings. The Morgan fingerprint density at radius 1 is 1.10 bits per heavy atom. The first-order valence-electron chi connectivity index (χ1n) is 10.0. The van der Waals surface area contributed by atoms with Crippen LogP contribution in [0.25, 0.3) is 22.4 Å². The lowest BCUT2D eigenvalue weighted by atomic mass is 10.0. The van der Waals surface area contributed by atoms with Gasteiger partial charge in [-0.1, -0.05) is 30.3 Å². The average Bonchev–Trinajstić information content (AvgIpc) is 3.17. The van der Waals surface area contributed by atoms with E-state index in [-0.39, 0.29) is 18.0 Å². The Balaban J connectivity index is 1.42. The van der Waals surface area contributed by atoms with Gasteiger partial charge in [-0.2, -0.15) is 5.10 Å². The quantitative estimate of drug-likeness (QED) is 0.664. The Hall–Kier alpha value is -2.83. The molecule has 6 nitrogen and oxygen atoms in total. The Kier molecular flexibility index (Phi) is 5.83. The Labute approximate surface area is 171 Å². The molecule has 1 aliphatic heterocycles. The number of nitrogens with zero attached hydrogens (tertiary/aromatic N) is 2. The maximum Gasteiger partial charge on any atom is 0.128 e. The Morgan fingerprint density at radius 2 is 1.86 bits per heavy atom. The number of aromatic hydroxyl groups is 1. The monoisotopic (exact) mass is 393 g/mol. The summed E-state index contributed by atoms with van der Waals surface area (Å²) in [7, 11) is 0. The second kappa shape index (κ2) is 8.68. The van der Waals surface area contributed by atoms with E-state index in [0.29, 0.717) is 17.9 Å². The van der Waals surface area contributed by atoms with Crippen molar-refractivity contribution in [2.24, 2.45) is 0 Å². The summed E-state index contributed by atoms with van der Waals surface area (Å²) in [6, 6.07) is 15.4. The second-order valence-corrected chi connectivity index (χ2v) is 7.57. The lowest BCUT2D eigenvalue weighted by Gasteiger charge is -2.35. The first-order valence-corrected chi connectivity index (χ1v) is 10.0. The summed E-state index contributed by atoms with van der Waals surface area (Å²) in [4.78, 5) is 2.35. The molecule has 6 heteroatoms. The molecular weight excluding hydrogens is 366 g/mol. The summed E-state index contributed by atoms with van der Waals surface area (Å²) in [6.45, 7) is 7.43. The van der Waals surface area contributed by atoms with E-state index in [9.17, 15) is 5.11 Å². The molecule has 0 amide bonds. The van der Waals surface area contributed by atoms with Crippen molar-refractivity contribution in [1.29, 1.82) is 0 Å². The topological polar surface area (TPSA) is 70.6 Å². The van der Waals surface area contributed by atoms with Gasteiger partial charge in [-0.3, -0.25) is 10.00 Å². The van der Waals surface area contributed by atoms with Crippen LogP contribution in [0.5, 0.6) is 11.5 Å². The first kappa shape index (κ1) is 19.5. The molecule has 0 saturated carbocycles. The fraction of sp³-hybridized carbons (Fsp3) is 0.348. The molecule has 2 N–H and O–H groups in total. The number of ether oxygens (including phenoxy) is 2. The van der Waals surface area contributed by atoms with Gasteiger partial charge < -0.3 is 14.6 Å². The van der Waals surface area contributed by atoms with E-state index in [2.05, 4.69) is 28.9 Å². The molecule has 1 aromatic heterocycles. The summed E-state index contributed by atoms with van der Waals surface area (Å²) in [6.07, 6.45) is 2.27. The van der Waals surface area contributed by atoms with Crippen molar-refractivity contribution in [2.75, 3.05) is 26.2 Å². The highest BCUT2D eigenvalue weighted by atomic mass is 16.5. The number of aromatic nitrogens is 2. The third-order valence-electron chi connectivity index (χ3n) is 5.13. The predicted octanol–water partition coefficient (Wildman–Crippen LogP) is 3.94. The van der Waals surface area contributed by atoms with Crippen LogP contribution < -0.4 is 4.74 Å². The molecule has 0 unspecified atom stereocenters. The summed E-state index contributed by atoms with van der Waals surface area (Å²) >= 11 is 0. The first-order chi connectivity index (χ1) is 14.1. The normalized spacial score (nSPS) is 19.9. The minimum absolute atomic E-state index is 0.164. The van der Waals surface area contributed by atoms with Crippen LogP contribution in [0.4, 0.5) is 0 Å². The highest BCUT2D eigenvalue weighted by Crippen LogP contribution is 2.36. The van der Waals surface area contributed by atoms with Gasteiger partial charge in [0.15, 0.2) is 0 Å². The third-order valence-corrected chi connectivity index (χ3v) is 5.13. The molecule has 0 spiro atoms. The van der Waals surface area contributed by atoms with Crippen LogP contribution in [0.3, 0.4) is 0 Å². The standard InChI is InChI=1S/C23H27N3O3/c1-16-14-26(15-17(2)29-16)10-11-28-19-8-9-20(22(27)12-19)23-21(13-24-25-23)18-6-4-3-5-7-18/h3-9,12-13,16-17,27H,10-11,14-15H2,1-2H3,(H,24,25)/t16-,17-/m1/s1. The lowest BCUT2D eigenvalue weighted by molar-refractivity contribution is -0.0699. The van der Waals surface area contributed by atoms with E-state index in [1.165, 1.54) is 0 Å². The molecule has 0 bridgehead atoms. The smallest absolute Gasteiger partial charge is 0.128 e. The predicted molar refractivity (Wildman–Crippen MR) is 113 cm³/mol. The lowest BCUT2D eigenvalue weighted by Crippen LogP contribution is -2.46. The van der Waals surface area contributed by atoms with Crippen molar-refractivity contribution in [1.82, 2.24) is 15.1 Å². The van der Waals surface area contributed by atoms with Gasteiger partial charge in [0, 0.05) is 36.8 Å². The number of rotatable bonds is 6. The molecule has 0 radical (unpaired) electrons. The van der Waals surface area contributed by atoms with Crippen LogP contribution in [0.2, 0.25) is 0 Å². The van der Waals surface area contributed by atoms with Crippen LogP contribution in [0.1, 0.15) is 13.8 Å². The summed E-state index contributed by atoms with van der Waals surface area (Å²) in [5.41, 5.74) is 3.48. The second-order valence-electron chi connectivity index (χ2n) is 7.57. The van der Waals surface area contributed by atoms with E-state index in [0.717, 1.165) is 36.5 Å². The maximum atomic E-state index is 10.6. The number of hydrogen-bond acceptors (Lipinski definition) is 5. The Bertz CT molecular complexity index is 932. The highest BCUT2D eigenvalue weighted by Gasteiger charge is 2.21. The van der Waals surface area contributed by atoms with Gasteiger partial charge in [0.2, 0.25) is 0 Å². The fourth-order valence-electron chi connectivity index (χ4n) is 3.90. The molecule has 3 aromatic rings. The van der Waals surface area contributed by atoms with Gasteiger partial charge in [-0.15, -0.1) is 0 Å². The summed E-state index contributed by atoms with van der Waals surface area (Å²) in [5.74, 6) is 0.818. The van der Waals surface area contributed by atoms with Gasteiger partial charge in [0.25, 0.3) is 0 Å². The number of nitrogens with one attached hydrogen (secondary N) is 1. The molecule has 2 atom stereocenters. The van der Waals surface area contributed by atoms with E-state index < -0.39 is 0 Å². The van der Waals surface area contributed by atoms with E-state index in [1.54, 1.807) is 12.3 Å². The number of aromatic amines is 1. The number of phenolic OH excluding ortho intramolecular Hbond substituents is 1. The van der Waals surface area contributed by atoms with Crippen LogP contribution in [0, 0.1) is 0 Å². The van der Waals surface area contributed by atoms with Crippen molar-refractivity contribution in [3.63, 3.8) is 0 Å². The molecule has 1 saturated heterocycles. The minimum atomic E-state index is 0.164. The number of morpholine rings is 1. The van der Waals surface area contributed by atoms with Crippen molar-refractivity contribution in [3.05, 3.63) is 54.7 Å². The number of H-pyrrole nitrogens is 1. The molecule has 29 heavy (non-hydrogen) atoms. The zero-order valence-corrected chi connectivity index (χ0v) is 16.8. The van der Waals surface area contributed by atoms with Crippen LogP contribution in [0.15, 0.2) is 54.7 Å². The molecule has 152 valence electrons. The fourth-order valence-corrected chi connectivity index (χ4v) is 3.90. The van der Waals surface area contributed by atoms with Gasteiger partial charge in [0.05, 0.1) is 24.1 Å². The van der Waals surface area contributed by atoms with Crippen molar-refractivity contribution >= 4 is 0 Å². The summed E-state index contributed by atoms with van der Waals surface area (Å²) < 4.78 is 11.6. The highest BCUT2D eigenvalue weighted by molar-refractivity contribution is 5.83. The zero-order valence-electron chi connectivity index (χ0n) is 16.8. The minimum Gasteiger partial charge on any atom is -0.507 e. The van der Waals surface area contributed by atoms with E-state index >= 15 is 0 Å². The van der Waals surface area contributed by atoms with Gasteiger partial charge in [-0.25, -0.2) is 0 Å². The number of hydrogen-bond donors (Lipinski definition) is 2. The van der Waals surface area contributed by atoms with Crippen molar-refractivity contribution in [2.45, 2.75) is 26.1 Å². The number of benzene rings is 2. The molecule has 0 aliphatic carbocycles. The van der Waals surface area contributed by atoms with Crippen molar-refractivity contribution in [3.8, 4) is 33.9 Å². The average molecular weight is 393 g/mol. The van der Waals surface area contributed by atoms with Gasteiger partial charge in [0.1, 0.15) is 18.1 Å². The molecule has 2 aromatic carbocycles. The maximum absolute atomic E-state index is 10.6. The SMILES string of the molecule is C[C@@H]1CN(CCOc2ccc(-c3[nH]ncc3-c3ccccc3)c(O)c2)C[C@@H](C)O1. The Morgan fingerprint density at radius 3 is 2.59 bits per heavy atom. The van der Waals surface area contributed by atoms with Crippen LogP contribution in [-0.2, 0) is 4.74 Å². The van der Waals surface area contributed by atoms with Crippen molar-refractivity contribution < 1.29 is 14.6 Å². The van der Waals surface area contributed by atoms with Gasteiger partial charge >= 0.3 is 0 Å².